The van der Waals surface area contributed by atoms with Crippen molar-refractivity contribution in [3.63, 3.8) is 0 Å². The number of rotatable bonds is 8. The van der Waals surface area contributed by atoms with E-state index in [0.717, 1.165) is 18.7 Å². The Balaban J connectivity index is 2.72. The van der Waals surface area contributed by atoms with Crippen molar-refractivity contribution in [2.24, 2.45) is 5.73 Å². The molecule has 1 rings (SSSR count). The fraction of sp³-hybridized carbons (Fsp3) is 0.500. The van der Waals surface area contributed by atoms with Gasteiger partial charge in [0, 0.05) is 38.3 Å². The van der Waals surface area contributed by atoms with E-state index >= 15 is 0 Å². The summed E-state index contributed by atoms with van der Waals surface area (Å²) in [5.41, 5.74) is 7.30. The molecule has 0 aliphatic rings. The van der Waals surface area contributed by atoms with Crippen molar-refractivity contribution in [2.75, 3.05) is 40.3 Å². The Morgan fingerprint density at radius 2 is 1.63 bits per heavy atom. The molecule has 0 unspecified atom stereocenters. The molecule has 0 saturated carbocycles. The third-order valence-electron chi connectivity index (χ3n) is 2.99. The lowest BCUT2D eigenvalue weighted by atomic mass is 10.1. The minimum Gasteiger partial charge on any atom is -0.336 e. The maximum Gasteiger partial charge on any atom is 0.253 e. The van der Waals surface area contributed by atoms with E-state index in [-0.39, 0.29) is 5.91 Å². The lowest BCUT2D eigenvalue weighted by Crippen LogP contribution is -2.39. The van der Waals surface area contributed by atoms with Crippen LogP contribution in [0.4, 0.5) is 0 Å². The van der Waals surface area contributed by atoms with Gasteiger partial charge in [0.25, 0.3) is 5.91 Å². The second kappa shape index (κ2) is 8.63. The second-order valence-corrected chi connectivity index (χ2v) is 4.40. The first kappa shape index (κ1) is 15.6. The normalized spacial score (nSPS) is 10.5. The quantitative estimate of drug-likeness (QED) is 0.619. The highest BCUT2D eigenvalue weighted by Crippen LogP contribution is 2.07. The summed E-state index contributed by atoms with van der Waals surface area (Å²) in [6.45, 7) is 3.48. The van der Waals surface area contributed by atoms with Gasteiger partial charge in [-0.2, -0.15) is 0 Å². The van der Waals surface area contributed by atoms with Crippen LogP contribution in [0.2, 0.25) is 0 Å². The number of benzene rings is 1. The summed E-state index contributed by atoms with van der Waals surface area (Å²) in [4.78, 5) is 14.2. The Morgan fingerprint density at radius 3 is 2.05 bits per heavy atom. The number of nitrogens with two attached hydrogens (primary N) is 1. The Labute approximate surface area is 115 Å². The Hall–Kier alpha value is -1.43. The van der Waals surface area contributed by atoms with E-state index in [1.54, 1.807) is 0 Å². The Kier molecular flexibility index (Phi) is 7.10. The van der Waals surface area contributed by atoms with E-state index in [0.29, 0.717) is 25.2 Å². The highest BCUT2D eigenvalue weighted by atomic mass is 16.2. The van der Waals surface area contributed by atoms with Crippen LogP contribution in [0.25, 0.3) is 0 Å². The third-order valence-corrected chi connectivity index (χ3v) is 2.99. The number of hydrogen-bond acceptors (Lipinski definition) is 4. The number of amides is 1. The average molecular weight is 264 g/mol. The van der Waals surface area contributed by atoms with E-state index in [4.69, 9.17) is 5.73 Å². The van der Waals surface area contributed by atoms with Gasteiger partial charge in [-0.3, -0.25) is 4.79 Å². The number of carbonyl (C=O) groups excluding carboxylic acids is 1. The molecule has 0 heterocycles. The van der Waals surface area contributed by atoms with E-state index < -0.39 is 0 Å². The van der Waals surface area contributed by atoms with Gasteiger partial charge in [0.05, 0.1) is 0 Å². The van der Waals surface area contributed by atoms with Gasteiger partial charge >= 0.3 is 0 Å². The SMILES string of the molecule is CNCCN(CCNC)C(=O)c1ccc(CN)cc1. The maximum atomic E-state index is 12.4. The lowest BCUT2D eigenvalue weighted by molar-refractivity contribution is 0.0760. The van der Waals surface area contributed by atoms with Crippen LogP contribution in [0.1, 0.15) is 15.9 Å². The lowest BCUT2D eigenvalue weighted by Gasteiger charge is -2.22. The molecule has 0 saturated heterocycles. The number of hydrogen-bond donors (Lipinski definition) is 3. The predicted octanol–water partition coefficient (Wildman–Crippen LogP) is 0.0263. The summed E-state index contributed by atoms with van der Waals surface area (Å²) in [6, 6.07) is 7.50. The van der Waals surface area contributed by atoms with Gasteiger partial charge in [0.15, 0.2) is 0 Å². The molecule has 0 radical (unpaired) electrons. The monoisotopic (exact) mass is 264 g/mol. The van der Waals surface area contributed by atoms with Crippen molar-refractivity contribution in [3.8, 4) is 0 Å². The first-order chi connectivity index (χ1) is 9.22. The van der Waals surface area contributed by atoms with Crippen LogP contribution < -0.4 is 16.4 Å². The first-order valence-corrected chi connectivity index (χ1v) is 6.60. The smallest absolute Gasteiger partial charge is 0.253 e. The van der Waals surface area contributed by atoms with Crippen molar-refractivity contribution >= 4 is 5.91 Å². The molecule has 5 heteroatoms. The van der Waals surface area contributed by atoms with Gasteiger partial charge in [-0.1, -0.05) is 12.1 Å². The number of likely N-dealkylation sites (N-methyl/N-ethyl adjacent to an activating group) is 2. The van der Waals surface area contributed by atoms with E-state index in [1.165, 1.54) is 0 Å². The molecule has 0 bridgehead atoms. The molecule has 4 N–H and O–H groups in total. The van der Waals surface area contributed by atoms with E-state index in [1.807, 2.05) is 43.3 Å². The van der Waals surface area contributed by atoms with Crippen LogP contribution in [-0.4, -0.2) is 51.1 Å². The van der Waals surface area contributed by atoms with Crippen molar-refractivity contribution in [1.29, 1.82) is 0 Å². The zero-order valence-corrected chi connectivity index (χ0v) is 11.8. The highest BCUT2D eigenvalue weighted by molar-refractivity contribution is 5.94. The molecule has 1 aromatic rings. The number of carbonyl (C=O) groups is 1. The molecule has 1 amide bonds. The van der Waals surface area contributed by atoms with Crippen molar-refractivity contribution in [2.45, 2.75) is 6.54 Å². The molecule has 1 aromatic carbocycles. The van der Waals surface area contributed by atoms with Crippen molar-refractivity contribution < 1.29 is 4.79 Å². The van der Waals surface area contributed by atoms with Crippen LogP contribution in [0, 0.1) is 0 Å². The predicted molar refractivity (Wildman–Crippen MR) is 78.1 cm³/mol. The minimum absolute atomic E-state index is 0.0640. The summed E-state index contributed by atoms with van der Waals surface area (Å²) < 4.78 is 0. The van der Waals surface area contributed by atoms with Crippen LogP contribution in [0.3, 0.4) is 0 Å². The van der Waals surface area contributed by atoms with Gasteiger partial charge in [-0.15, -0.1) is 0 Å². The van der Waals surface area contributed by atoms with Crippen LogP contribution in [0.5, 0.6) is 0 Å². The molecule has 0 atom stereocenters. The average Bonchev–Trinajstić information content (AvgIpc) is 2.47. The number of nitrogens with one attached hydrogen (secondary N) is 2. The molecular weight excluding hydrogens is 240 g/mol. The summed E-state index contributed by atoms with van der Waals surface area (Å²) >= 11 is 0. The van der Waals surface area contributed by atoms with Crippen LogP contribution in [-0.2, 0) is 6.54 Å². The molecule has 0 aliphatic heterocycles. The topological polar surface area (TPSA) is 70.4 Å². The fourth-order valence-corrected chi connectivity index (χ4v) is 1.77. The largest absolute Gasteiger partial charge is 0.336 e. The summed E-state index contributed by atoms with van der Waals surface area (Å²) in [5.74, 6) is 0.0640. The standard InChI is InChI=1S/C14H24N4O/c1-16-7-9-18(10-8-17-2)14(19)13-5-3-12(11-15)4-6-13/h3-6,16-17H,7-11,15H2,1-2H3. The van der Waals surface area contributed by atoms with Crippen LogP contribution >= 0.6 is 0 Å². The molecule has 0 aromatic heterocycles. The maximum absolute atomic E-state index is 12.4. The van der Waals surface area contributed by atoms with Gasteiger partial charge < -0.3 is 21.3 Å². The molecule has 0 aliphatic carbocycles. The molecule has 0 fully saturated rings. The highest BCUT2D eigenvalue weighted by Gasteiger charge is 2.14. The molecule has 0 spiro atoms. The van der Waals surface area contributed by atoms with Gasteiger partial charge in [-0.25, -0.2) is 0 Å². The van der Waals surface area contributed by atoms with Gasteiger partial charge in [-0.05, 0) is 31.8 Å². The minimum atomic E-state index is 0.0640. The van der Waals surface area contributed by atoms with E-state index in [9.17, 15) is 4.79 Å². The zero-order valence-electron chi connectivity index (χ0n) is 11.8. The fourth-order valence-electron chi connectivity index (χ4n) is 1.77. The van der Waals surface area contributed by atoms with Gasteiger partial charge in [0.2, 0.25) is 0 Å². The third kappa shape index (κ3) is 4.98. The zero-order chi connectivity index (χ0) is 14.1. The van der Waals surface area contributed by atoms with E-state index in [2.05, 4.69) is 10.6 Å². The summed E-state index contributed by atoms with van der Waals surface area (Å²) in [7, 11) is 3.77. The Bertz CT molecular complexity index is 370. The van der Waals surface area contributed by atoms with Gasteiger partial charge in [0.1, 0.15) is 0 Å². The van der Waals surface area contributed by atoms with Crippen molar-refractivity contribution in [3.05, 3.63) is 35.4 Å². The molecule has 5 nitrogen and oxygen atoms in total. The molecular formula is C14H24N4O. The summed E-state index contributed by atoms with van der Waals surface area (Å²) in [6.07, 6.45) is 0. The summed E-state index contributed by atoms with van der Waals surface area (Å²) in [5, 5.41) is 6.14. The Morgan fingerprint density at radius 1 is 1.11 bits per heavy atom. The molecule has 19 heavy (non-hydrogen) atoms. The second-order valence-electron chi connectivity index (χ2n) is 4.40. The van der Waals surface area contributed by atoms with Crippen LogP contribution in [0.15, 0.2) is 24.3 Å². The number of nitrogens with zero attached hydrogens (tertiary/aromatic N) is 1. The first-order valence-electron chi connectivity index (χ1n) is 6.60. The van der Waals surface area contributed by atoms with Crippen molar-refractivity contribution in [1.82, 2.24) is 15.5 Å². The molecule has 106 valence electrons.